The molecule has 0 aliphatic carbocycles. The van der Waals surface area contributed by atoms with Crippen LogP contribution < -0.4 is 21.1 Å². The fraction of sp³-hybridized carbons (Fsp3) is 0.208. The molecule has 0 radical (unpaired) electrons. The first-order chi connectivity index (χ1) is 17.2. The SMILES string of the molecule is Cc1cc(-c2c(OCCN(C)c3nccc(N)n3)nc(N)nc2-c2ccc(F)cc2)cc(C(F)F)n1. The van der Waals surface area contributed by atoms with E-state index >= 15 is 0 Å². The van der Waals surface area contributed by atoms with Crippen LogP contribution in [0.1, 0.15) is 17.8 Å². The Kier molecular flexibility index (Phi) is 7.13. The van der Waals surface area contributed by atoms with Crippen LogP contribution in [0.5, 0.6) is 5.88 Å². The standard InChI is InChI=1S/C24H23F3N8O/c1-13-11-15(12-17(31-13)21(26)27)19-20(14-3-5-16(25)6-4-14)33-23(29)34-22(19)36-10-9-35(2)24-30-8-7-18(28)32-24/h3-8,11-12,21H,9-10H2,1-2H3,(H2,28,30,32)(H2,29,33,34). The summed E-state index contributed by atoms with van der Waals surface area (Å²) in [7, 11) is 1.76. The lowest BCUT2D eigenvalue weighted by molar-refractivity contribution is 0.146. The highest BCUT2D eigenvalue weighted by molar-refractivity contribution is 5.85. The Labute approximate surface area is 205 Å². The fourth-order valence-corrected chi connectivity index (χ4v) is 3.51. The number of rotatable bonds is 8. The molecule has 4 aromatic rings. The maximum atomic E-state index is 13.6. The zero-order chi connectivity index (χ0) is 25.8. The lowest BCUT2D eigenvalue weighted by Gasteiger charge is -2.19. The second kappa shape index (κ2) is 10.4. The Morgan fingerprint density at radius 3 is 2.42 bits per heavy atom. The number of nitrogens with two attached hydrogens (primary N) is 2. The van der Waals surface area contributed by atoms with Crippen molar-refractivity contribution < 1.29 is 17.9 Å². The zero-order valence-electron chi connectivity index (χ0n) is 19.5. The third-order valence-electron chi connectivity index (χ3n) is 5.17. The van der Waals surface area contributed by atoms with E-state index in [1.165, 1.54) is 30.3 Å². The molecule has 4 rings (SSSR count). The zero-order valence-corrected chi connectivity index (χ0v) is 19.5. The quantitative estimate of drug-likeness (QED) is 0.371. The summed E-state index contributed by atoms with van der Waals surface area (Å²) < 4.78 is 46.7. The molecule has 186 valence electrons. The van der Waals surface area contributed by atoms with Crippen molar-refractivity contribution in [2.75, 3.05) is 36.6 Å². The van der Waals surface area contributed by atoms with Gasteiger partial charge in [0.05, 0.1) is 17.8 Å². The van der Waals surface area contributed by atoms with Gasteiger partial charge in [0.2, 0.25) is 17.8 Å². The van der Waals surface area contributed by atoms with Gasteiger partial charge in [0.1, 0.15) is 23.9 Å². The molecule has 0 fully saturated rings. The molecule has 36 heavy (non-hydrogen) atoms. The number of benzene rings is 1. The van der Waals surface area contributed by atoms with Crippen molar-refractivity contribution in [3.05, 3.63) is 65.9 Å². The molecular weight excluding hydrogens is 473 g/mol. The molecule has 3 aromatic heterocycles. The number of likely N-dealkylation sites (N-methyl/N-ethyl adjacent to an activating group) is 1. The maximum Gasteiger partial charge on any atom is 0.280 e. The minimum Gasteiger partial charge on any atom is -0.475 e. The number of alkyl halides is 2. The summed E-state index contributed by atoms with van der Waals surface area (Å²) >= 11 is 0. The van der Waals surface area contributed by atoms with Crippen molar-refractivity contribution >= 4 is 17.7 Å². The molecule has 1 aromatic carbocycles. The number of nitrogen functional groups attached to an aromatic ring is 2. The molecule has 0 atom stereocenters. The van der Waals surface area contributed by atoms with Crippen LogP contribution in [0, 0.1) is 12.7 Å². The van der Waals surface area contributed by atoms with E-state index in [1.807, 2.05) is 0 Å². The third-order valence-corrected chi connectivity index (χ3v) is 5.17. The van der Waals surface area contributed by atoms with Crippen molar-refractivity contribution in [3.63, 3.8) is 0 Å². The first-order valence-electron chi connectivity index (χ1n) is 10.8. The monoisotopic (exact) mass is 496 g/mol. The van der Waals surface area contributed by atoms with E-state index < -0.39 is 17.9 Å². The van der Waals surface area contributed by atoms with Gasteiger partial charge in [0.15, 0.2) is 0 Å². The number of hydrogen-bond donors (Lipinski definition) is 2. The Morgan fingerprint density at radius 1 is 0.972 bits per heavy atom. The second-order valence-corrected chi connectivity index (χ2v) is 7.89. The average Bonchev–Trinajstić information content (AvgIpc) is 2.83. The highest BCUT2D eigenvalue weighted by Gasteiger charge is 2.21. The number of aryl methyl sites for hydroxylation is 1. The molecule has 12 heteroatoms. The van der Waals surface area contributed by atoms with E-state index in [0.29, 0.717) is 46.4 Å². The van der Waals surface area contributed by atoms with Gasteiger partial charge in [-0.3, -0.25) is 4.98 Å². The fourth-order valence-electron chi connectivity index (χ4n) is 3.51. The van der Waals surface area contributed by atoms with Gasteiger partial charge in [0, 0.05) is 24.5 Å². The lowest BCUT2D eigenvalue weighted by atomic mass is 9.99. The number of anilines is 3. The smallest absolute Gasteiger partial charge is 0.280 e. The molecule has 0 saturated carbocycles. The largest absolute Gasteiger partial charge is 0.475 e. The van der Waals surface area contributed by atoms with Crippen LogP contribution in [0.2, 0.25) is 0 Å². The van der Waals surface area contributed by atoms with Crippen LogP contribution in [-0.2, 0) is 0 Å². The van der Waals surface area contributed by atoms with E-state index in [2.05, 4.69) is 24.9 Å². The molecule has 0 bridgehead atoms. The van der Waals surface area contributed by atoms with Crippen molar-refractivity contribution in [2.45, 2.75) is 13.3 Å². The molecular formula is C24H23F3N8O. The van der Waals surface area contributed by atoms with Gasteiger partial charge in [0.25, 0.3) is 6.43 Å². The minimum atomic E-state index is -2.79. The van der Waals surface area contributed by atoms with Gasteiger partial charge in [-0.15, -0.1) is 0 Å². The van der Waals surface area contributed by atoms with Crippen molar-refractivity contribution in [1.82, 2.24) is 24.9 Å². The van der Waals surface area contributed by atoms with Gasteiger partial charge < -0.3 is 21.1 Å². The summed E-state index contributed by atoms with van der Waals surface area (Å²) in [4.78, 5) is 22.5. The van der Waals surface area contributed by atoms with Crippen LogP contribution in [-0.4, -0.2) is 45.1 Å². The van der Waals surface area contributed by atoms with E-state index in [9.17, 15) is 13.2 Å². The molecule has 3 heterocycles. The number of hydrogen-bond acceptors (Lipinski definition) is 9. The first-order valence-corrected chi connectivity index (χ1v) is 10.8. The highest BCUT2D eigenvalue weighted by Crippen LogP contribution is 2.39. The Balaban J connectivity index is 1.75. The topological polar surface area (TPSA) is 129 Å². The summed E-state index contributed by atoms with van der Waals surface area (Å²) in [5.74, 6) is 0.269. The molecule has 0 aliphatic rings. The van der Waals surface area contributed by atoms with Crippen molar-refractivity contribution in [2.24, 2.45) is 0 Å². The minimum absolute atomic E-state index is 0.0783. The summed E-state index contributed by atoms with van der Waals surface area (Å²) in [5.41, 5.74) is 13.1. The number of nitrogens with zero attached hydrogens (tertiary/aromatic N) is 6. The predicted octanol–water partition coefficient (Wildman–Crippen LogP) is 4.06. The summed E-state index contributed by atoms with van der Waals surface area (Å²) in [6.45, 7) is 2.06. The predicted molar refractivity (Wildman–Crippen MR) is 130 cm³/mol. The normalized spacial score (nSPS) is 11.1. The molecule has 9 nitrogen and oxygen atoms in total. The average molecular weight is 496 g/mol. The van der Waals surface area contributed by atoms with Crippen LogP contribution in [0.4, 0.5) is 30.9 Å². The summed E-state index contributed by atoms with van der Waals surface area (Å²) in [6.07, 6.45) is -1.25. The summed E-state index contributed by atoms with van der Waals surface area (Å²) in [6, 6.07) is 9.99. The first kappa shape index (κ1) is 24.6. The van der Waals surface area contributed by atoms with Crippen molar-refractivity contribution in [1.29, 1.82) is 0 Å². The van der Waals surface area contributed by atoms with Crippen molar-refractivity contribution in [3.8, 4) is 28.3 Å². The van der Waals surface area contributed by atoms with Gasteiger partial charge in [-0.1, -0.05) is 0 Å². The highest BCUT2D eigenvalue weighted by atomic mass is 19.3. The van der Waals surface area contributed by atoms with Gasteiger partial charge in [-0.25, -0.2) is 23.1 Å². The molecule has 4 N–H and O–H groups in total. The van der Waals surface area contributed by atoms with E-state index in [0.717, 1.165) is 0 Å². The summed E-state index contributed by atoms with van der Waals surface area (Å²) in [5, 5.41) is 0. The van der Waals surface area contributed by atoms with Crippen LogP contribution in [0.15, 0.2) is 48.7 Å². The van der Waals surface area contributed by atoms with E-state index in [-0.39, 0.29) is 18.4 Å². The van der Waals surface area contributed by atoms with E-state index in [4.69, 9.17) is 16.2 Å². The van der Waals surface area contributed by atoms with Gasteiger partial charge in [-0.05, 0) is 55.0 Å². The second-order valence-electron chi connectivity index (χ2n) is 7.89. The van der Waals surface area contributed by atoms with Crippen LogP contribution in [0.25, 0.3) is 22.4 Å². The Morgan fingerprint density at radius 2 is 1.72 bits per heavy atom. The van der Waals surface area contributed by atoms with Gasteiger partial charge >= 0.3 is 0 Å². The molecule has 0 aliphatic heterocycles. The third kappa shape index (κ3) is 5.59. The number of halogens is 3. The number of pyridine rings is 1. The van der Waals surface area contributed by atoms with Crippen LogP contribution in [0.3, 0.4) is 0 Å². The van der Waals surface area contributed by atoms with Crippen LogP contribution >= 0.6 is 0 Å². The molecule has 0 amide bonds. The number of aromatic nitrogens is 5. The Hall–Kier alpha value is -4.48. The molecule has 0 spiro atoms. The molecule has 0 saturated heterocycles. The maximum absolute atomic E-state index is 13.6. The van der Waals surface area contributed by atoms with E-state index in [1.54, 1.807) is 37.2 Å². The van der Waals surface area contributed by atoms with Gasteiger partial charge in [-0.2, -0.15) is 9.97 Å². The number of ether oxygens (including phenoxy) is 1. The lowest BCUT2D eigenvalue weighted by Crippen LogP contribution is -2.26. The molecule has 0 unspecified atom stereocenters. The Bertz CT molecular complexity index is 1370.